The number of anilines is 2. The number of ether oxygens (including phenoxy) is 1. The van der Waals surface area contributed by atoms with E-state index in [0.29, 0.717) is 11.5 Å². The summed E-state index contributed by atoms with van der Waals surface area (Å²) >= 11 is 0. The van der Waals surface area contributed by atoms with E-state index in [9.17, 15) is 4.79 Å². The Kier molecular flexibility index (Phi) is 6.01. The fraction of sp³-hybridized carbons (Fsp3) is 0.304. The van der Waals surface area contributed by atoms with E-state index in [0.717, 1.165) is 61.5 Å². The highest BCUT2D eigenvalue weighted by molar-refractivity contribution is 6.01. The minimum atomic E-state index is -0.311. The van der Waals surface area contributed by atoms with E-state index in [1.807, 2.05) is 42.5 Å². The highest BCUT2D eigenvalue weighted by Crippen LogP contribution is 2.22. The summed E-state index contributed by atoms with van der Waals surface area (Å²) in [6.45, 7) is 5.52. The monoisotopic (exact) mass is 446 g/mol. The number of morpholine rings is 1. The molecule has 33 heavy (non-hydrogen) atoms. The van der Waals surface area contributed by atoms with E-state index < -0.39 is 0 Å². The summed E-state index contributed by atoms with van der Waals surface area (Å²) in [5, 5.41) is 18.4. The Morgan fingerprint density at radius 3 is 2.64 bits per heavy atom. The van der Waals surface area contributed by atoms with Gasteiger partial charge in [0.25, 0.3) is 0 Å². The fourth-order valence-electron chi connectivity index (χ4n) is 4.05. The Morgan fingerprint density at radius 1 is 1.03 bits per heavy atom. The van der Waals surface area contributed by atoms with Crippen LogP contribution < -0.4 is 10.6 Å². The number of benzene rings is 2. The minimum absolute atomic E-state index is 0.311. The fourth-order valence-corrected chi connectivity index (χ4v) is 4.05. The van der Waals surface area contributed by atoms with Gasteiger partial charge in [0.05, 0.1) is 13.2 Å². The van der Waals surface area contributed by atoms with Crippen LogP contribution >= 0.6 is 0 Å². The maximum Gasteiger partial charge on any atom is 0.323 e. The standard InChI is InChI=1S/C23H26N8O2/c1-29-22(26-27-28-29)18-3-2-4-19(16-18)24-23(32)25-20-5-6-21-17(15-20)7-8-31(21)10-9-30-11-13-33-14-12-30/h2-8,15-16H,9-14H2,1H3,(H2,24,25,32). The number of carbonyl (C=O) groups excluding carboxylic acids is 1. The third-order valence-electron chi connectivity index (χ3n) is 5.79. The molecule has 10 heteroatoms. The number of carbonyl (C=O) groups is 1. The number of amides is 2. The zero-order chi connectivity index (χ0) is 22.6. The SMILES string of the molecule is Cn1nnnc1-c1cccc(NC(=O)Nc2ccc3c(ccn3CCN3CCOCC3)c2)c1. The third-order valence-corrected chi connectivity index (χ3v) is 5.79. The molecule has 0 atom stereocenters. The van der Waals surface area contributed by atoms with Crippen molar-refractivity contribution in [2.24, 2.45) is 7.05 Å². The van der Waals surface area contributed by atoms with Gasteiger partial charge in [0.15, 0.2) is 5.82 Å². The van der Waals surface area contributed by atoms with Crippen molar-refractivity contribution in [2.45, 2.75) is 6.54 Å². The molecule has 10 nitrogen and oxygen atoms in total. The van der Waals surface area contributed by atoms with Gasteiger partial charge in [-0.1, -0.05) is 12.1 Å². The first-order valence-electron chi connectivity index (χ1n) is 11.0. The number of hydrogen-bond donors (Lipinski definition) is 2. The molecular formula is C23H26N8O2. The number of tetrazole rings is 1. The van der Waals surface area contributed by atoms with Gasteiger partial charge in [-0.3, -0.25) is 4.90 Å². The molecule has 0 saturated carbocycles. The second kappa shape index (κ2) is 9.39. The summed E-state index contributed by atoms with van der Waals surface area (Å²) in [5.41, 5.74) is 3.36. The number of rotatable bonds is 6. The predicted molar refractivity (Wildman–Crippen MR) is 126 cm³/mol. The van der Waals surface area contributed by atoms with Gasteiger partial charge in [-0.15, -0.1) is 5.10 Å². The highest BCUT2D eigenvalue weighted by atomic mass is 16.5. The molecule has 2 amide bonds. The van der Waals surface area contributed by atoms with Crippen LogP contribution in [0.5, 0.6) is 0 Å². The summed E-state index contributed by atoms with van der Waals surface area (Å²) in [4.78, 5) is 15.0. The number of nitrogens with zero attached hydrogens (tertiary/aromatic N) is 6. The maximum atomic E-state index is 12.6. The second-order valence-corrected chi connectivity index (χ2v) is 8.02. The molecule has 1 aliphatic rings. The molecule has 1 aliphatic heterocycles. The van der Waals surface area contributed by atoms with Gasteiger partial charge < -0.3 is 19.9 Å². The van der Waals surface area contributed by atoms with Gasteiger partial charge in [-0.2, -0.15) is 0 Å². The first-order valence-corrected chi connectivity index (χ1v) is 11.0. The van der Waals surface area contributed by atoms with Crippen molar-refractivity contribution in [2.75, 3.05) is 43.5 Å². The van der Waals surface area contributed by atoms with Crippen molar-refractivity contribution in [1.82, 2.24) is 29.7 Å². The summed E-state index contributed by atoms with van der Waals surface area (Å²) < 4.78 is 9.26. The molecule has 4 aromatic rings. The van der Waals surface area contributed by atoms with Crippen molar-refractivity contribution in [3.8, 4) is 11.4 Å². The largest absolute Gasteiger partial charge is 0.379 e. The molecule has 0 spiro atoms. The lowest BCUT2D eigenvalue weighted by molar-refractivity contribution is 0.0365. The third kappa shape index (κ3) is 4.86. The van der Waals surface area contributed by atoms with E-state index in [2.05, 4.69) is 47.9 Å². The Morgan fingerprint density at radius 2 is 1.85 bits per heavy atom. The van der Waals surface area contributed by atoms with Crippen molar-refractivity contribution in [3.63, 3.8) is 0 Å². The van der Waals surface area contributed by atoms with Gasteiger partial charge in [0, 0.05) is 67.3 Å². The first kappa shape index (κ1) is 21.1. The molecule has 2 aromatic carbocycles. The van der Waals surface area contributed by atoms with E-state index in [1.165, 1.54) is 0 Å². The molecule has 0 radical (unpaired) electrons. The van der Waals surface area contributed by atoms with E-state index >= 15 is 0 Å². The van der Waals surface area contributed by atoms with Crippen molar-refractivity contribution < 1.29 is 9.53 Å². The molecule has 1 saturated heterocycles. The molecule has 1 fully saturated rings. The smallest absolute Gasteiger partial charge is 0.323 e. The first-order chi connectivity index (χ1) is 16.2. The molecule has 0 aliphatic carbocycles. The summed E-state index contributed by atoms with van der Waals surface area (Å²) in [7, 11) is 1.77. The topological polar surface area (TPSA) is 102 Å². The Hall–Kier alpha value is -3.76. The van der Waals surface area contributed by atoms with Crippen LogP contribution in [0.1, 0.15) is 0 Å². The zero-order valence-corrected chi connectivity index (χ0v) is 18.4. The van der Waals surface area contributed by atoms with Crippen molar-refractivity contribution in [1.29, 1.82) is 0 Å². The summed E-state index contributed by atoms with van der Waals surface area (Å²) in [6.07, 6.45) is 2.10. The van der Waals surface area contributed by atoms with Crippen LogP contribution in [0.2, 0.25) is 0 Å². The number of aromatic nitrogens is 5. The Balaban J connectivity index is 1.22. The lowest BCUT2D eigenvalue weighted by Crippen LogP contribution is -2.38. The van der Waals surface area contributed by atoms with Gasteiger partial charge in [-0.25, -0.2) is 9.48 Å². The minimum Gasteiger partial charge on any atom is -0.379 e. The predicted octanol–water partition coefficient (Wildman–Crippen LogP) is 2.81. The quantitative estimate of drug-likeness (QED) is 0.472. The molecule has 3 heterocycles. The van der Waals surface area contributed by atoms with Crippen LogP contribution in [-0.4, -0.2) is 68.6 Å². The number of aryl methyl sites for hydroxylation is 1. The molecule has 0 bridgehead atoms. The molecule has 0 unspecified atom stereocenters. The average molecular weight is 447 g/mol. The Bertz CT molecular complexity index is 1260. The van der Waals surface area contributed by atoms with Gasteiger partial charge in [0.1, 0.15) is 0 Å². The molecule has 2 N–H and O–H groups in total. The molecule has 2 aromatic heterocycles. The molecule has 5 rings (SSSR count). The highest BCUT2D eigenvalue weighted by Gasteiger charge is 2.12. The maximum absolute atomic E-state index is 12.6. The van der Waals surface area contributed by atoms with Gasteiger partial charge >= 0.3 is 6.03 Å². The van der Waals surface area contributed by atoms with Gasteiger partial charge in [0.2, 0.25) is 0 Å². The van der Waals surface area contributed by atoms with Crippen LogP contribution in [0.4, 0.5) is 16.2 Å². The van der Waals surface area contributed by atoms with Crippen LogP contribution in [0.3, 0.4) is 0 Å². The number of nitrogens with one attached hydrogen (secondary N) is 2. The van der Waals surface area contributed by atoms with Crippen LogP contribution in [0.15, 0.2) is 54.7 Å². The number of urea groups is 1. The van der Waals surface area contributed by atoms with Gasteiger partial charge in [-0.05, 0) is 46.8 Å². The van der Waals surface area contributed by atoms with Crippen LogP contribution in [-0.2, 0) is 18.3 Å². The van der Waals surface area contributed by atoms with Crippen LogP contribution in [0, 0.1) is 0 Å². The summed E-state index contributed by atoms with van der Waals surface area (Å²) in [5.74, 6) is 0.627. The number of fused-ring (bicyclic) bond motifs is 1. The average Bonchev–Trinajstić information content (AvgIpc) is 3.44. The molecule has 170 valence electrons. The number of hydrogen-bond acceptors (Lipinski definition) is 6. The zero-order valence-electron chi connectivity index (χ0n) is 18.4. The van der Waals surface area contributed by atoms with E-state index in [-0.39, 0.29) is 6.03 Å². The normalized spacial score (nSPS) is 14.5. The van der Waals surface area contributed by atoms with Crippen molar-refractivity contribution in [3.05, 3.63) is 54.7 Å². The second-order valence-electron chi connectivity index (χ2n) is 8.02. The lowest BCUT2D eigenvalue weighted by atomic mass is 10.2. The summed E-state index contributed by atoms with van der Waals surface area (Å²) in [6, 6.07) is 15.1. The lowest BCUT2D eigenvalue weighted by Gasteiger charge is -2.26. The van der Waals surface area contributed by atoms with E-state index in [1.54, 1.807) is 11.7 Å². The van der Waals surface area contributed by atoms with E-state index in [4.69, 9.17) is 4.74 Å². The van der Waals surface area contributed by atoms with Crippen molar-refractivity contribution >= 4 is 28.3 Å². The van der Waals surface area contributed by atoms with Crippen LogP contribution in [0.25, 0.3) is 22.3 Å². The Labute approximate surface area is 191 Å². The molecular weight excluding hydrogens is 420 g/mol.